The number of aromatic nitrogens is 4. The lowest BCUT2D eigenvalue weighted by Crippen LogP contribution is -1.94. The zero-order chi connectivity index (χ0) is 16.2. The maximum absolute atomic E-state index is 5.76. The van der Waals surface area contributed by atoms with Crippen molar-refractivity contribution in [3.8, 4) is 10.7 Å². The minimum absolute atomic E-state index is 0.556. The Morgan fingerprint density at radius 1 is 1.26 bits per heavy atom. The summed E-state index contributed by atoms with van der Waals surface area (Å²) in [4.78, 5) is 5.22. The summed E-state index contributed by atoms with van der Waals surface area (Å²) in [5, 5.41) is 9.98. The van der Waals surface area contributed by atoms with Gasteiger partial charge in [0.25, 0.3) is 0 Å². The van der Waals surface area contributed by atoms with Crippen molar-refractivity contribution >= 4 is 34.3 Å². The lowest BCUT2D eigenvalue weighted by Gasteiger charge is -2.01. The van der Waals surface area contributed by atoms with Crippen molar-refractivity contribution in [1.82, 2.24) is 19.7 Å². The summed E-state index contributed by atoms with van der Waals surface area (Å²) in [5.41, 5.74) is 7.85. The zero-order valence-electron chi connectivity index (χ0n) is 12.9. The summed E-state index contributed by atoms with van der Waals surface area (Å²) in [6.07, 6.45) is 4.24. The second-order valence-electron chi connectivity index (χ2n) is 4.96. The van der Waals surface area contributed by atoms with Crippen molar-refractivity contribution in [2.45, 2.75) is 12.1 Å². The van der Waals surface area contributed by atoms with Crippen LogP contribution in [0.1, 0.15) is 11.3 Å². The van der Waals surface area contributed by atoms with Crippen LogP contribution in [-0.2, 0) is 7.05 Å². The van der Waals surface area contributed by atoms with E-state index in [1.165, 1.54) is 16.9 Å². The van der Waals surface area contributed by atoms with E-state index in [0.29, 0.717) is 5.13 Å². The third kappa shape index (κ3) is 3.62. The third-order valence-electron chi connectivity index (χ3n) is 3.27. The Kier molecular flexibility index (Phi) is 4.78. The van der Waals surface area contributed by atoms with Crippen molar-refractivity contribution in [2.75, 3.05) is 11.5 Å². The molecular weight excluding hydrogens is 326 g/mol. The van der Waals surface area contributed by atoms with Crippen LogP contribution in [0.25, 0.3) is 16.8 Å². The first-order valence-corrected chi connectivity index (χ1v) is 8.92. The van der Waals surface area contributed by atoms with Gasteiger partial charge in [0, 0.05) is 12.8 Å². The van der Waals surface area contributed by atoms with Crippen molar-refractivity contribution in [3.05, 3.63) is 47.7 Å². The molecule has 0 fully saturated rings. The van der Waals surface area contributed by atoms with E-state index < -0.39 is 0 Å². The molecule has 0 unspecified atom stereocenters. The molecule has 0 radical (unpaired) electrons. The molecular formula is C16H17N5S2. The zero-order valence-corrected chi connectivity index (χ0v) is 14.6. The number of aryl methyl sites for hydroxylation is 1. The number of benzene rings is 1. The number of thiazole rings is 1. The highest BCUT2D eigenvalue weighted by Gasteiger charge is 2.16. The molecule has 7 heteroatoms. The fraction of sp³-hybridized carbons (Fsp3) is 0.188. The van der Waals surface area contributed by atoms with E-state index >= 15 is 0 Å². The Morgan fingerprint density at radius 2 is 2.04 bits per heavy atom. The molecule has 0 spiro atoms. The number of nitrogens with two attached hydrogens (primary N) is 1. The standard InChI is InChI=1S/C16H17N5S2/c1-11-13(23-15(17)18-11)14-19-20-16(21(14)2)22-10-6-9-12-7-4-3-5-8-12/h3-9H,10H2,1-2H3,(H2,17,18). The van der Waals surface area contributed by atoms with Crippen molar-refractivity contribution in [3.63, 3.8) is 0 Å². The van der Waals surface area contributed by atoms with Crippen LogP contribution in [-0.4, -0.2) is 25.5 Å². The van der Waals surface area contributed by atoms with Crippen molar-refractivity contribution in [2.24, 2.45) is 7.05 Å². The van der Waals surface area contributed by atoms with Crippen LogP contribution in [0.4, 0.5) is 5.13 Å². The molecule has 0 atom stereocenters. The van der Waals surface area contributed by atoms with Gasteiger partial charge in [-0.25, -0.2) is 4.98 Å². The largest absolute Gasteiger partial charge is 0.375 e. The van der Waals surface area contributed by atoms with E-state index in [4.69, 9.17) is 5.73 Å². The number of nitrogens with zero attached hydrogens (tertiary/aromatic N) is 4. The Labute approximate surface area is 143 Å². The molecule has 0 amide bonds. The molecule has 0 saturated carbocycles. The maximum Gasteiger partial charge on any atom is 0.191 e. The van der Waals surface area contributed by atoms with Gasteiger partial charge < -0.3 is 10.3 Å². The van der Waals surface area contributed by atoms with Gasteiger partial charge in [-0.1, -0.05) is 65.6 Å². The van der Waals surface area contributed by atoms with Crippen molar-refractivity contribution in [1.29, 1.82) is 0 Å². The molecule has 2 N–H and O–H groups in total. The normalized spacial score (nSPS) is 11.4. The molecule has 2 heterocycles. The molecule has 23 heavy (non-hydrogen) atoms. The first-order valence-electron chi connectivity index (χ1n) is 7.12. The van der Waals surface area contributed by atoms with E-state index in [2.05, 4.69) is 39.5 Å². The first-order chi connectivity index (χ1) is 11.1. The van der Waals surface area contributed by atoms with Gasteiger partial charge in [0.1, 0.15) is 0 Å². The van der Waals surface area contributed by atoms with Crippen LogP contribution < -0.4 is 5.73 Å². The summed E-state index contributed by atoms with van der Waals surface area (Å²) >= 11 is 3.09. The molecule has 2 aromatic heterocycles. The van der Waals surface area contributed by atoms with Crippen LogP contribution in [0.15, 0.2) is 41.6 Å². The minimum atomic E-state index is 0.556. The Hall–Kier alpha value is -2.12. The number of rotatable bonds is 5. The molecule has 3 rings (SSSR count). The predicted octanol–water partition coefficient (Wildman–Crippen LogP) is 3.63. The Balaban J connectivity index is 1.68. The third-order valence-corrected chi connectivity index (χ3v) is 5.23. The van der Waals surface area contributed by atoms with Gasteiger partial charge in [-0.3, -0.25) is 0 Å². The van der Waals surface area contributed by atoms with Gasteiger partial charge >= 0.3 is 0 Å². The number of nitrogen functional groups attached to an aromatic ring is 1. The van der Waals surface area contributed by atoms with Crippen LogP contribution in [0.2, 0.25) is 0 Å². The lowest BCUT2D eigenvalue weighted by atomic mass is 10.2. The molecule has 0 bridgehead atoms. The fourth-order valence-electron chi connectivity index (χ4n) is 2.13. The van der Waals surface area contributed by atoms with Gasteiger partial charge in [-0.15, -0.1) is 10.2 Å². The summed E-state index contributed by atoms with van der Waals surface area (Å²) in [7, 11) is 1.97. The van der Waals surface area contributed by atoms with E-state index in [9.17, 15) is 0 Å². The quantitative estimate of drug-likeness (QED) is 0.716. The van der Waals surface area contributed by atoms with E-state index in [0.717, 1.165) is 27.3 Å². The molecule has 0 aliphatic heterocycles. The number of hydrogen-bond acceptors (Lipinski definition) is 6. The summed E-state index contributed by atoms with van der Waals surface area (Å²) in [6.45, 7) is 1.94. The van der Waals surface area contributed by atoms with Gasteiger partial charge in [-0.05, 0) is 12.5 Å². The molecule has 5 nitrogen and oxygen atoms in total. The second kappa shape index (κ2) is 6.97. The van der Waals surface area contributed by atoms with Crippen LogP contribution in [0.5, 0.6) is 0 Å². The van der Waals surface area contributed by atoms with Gasteiger partial charge in [0.05, 0.1) is 10.6 Å². The summed E-state index contributed by atoms with van der Waals surface area (Å²) < 4.78 is 1.99. The van der Waals surface area contributed by atoms with Crippen LogP contribution in [0.3, 0.4) is 0 Å². The Bertz CT molecular complexity index is 820. The highest BCUT2D eigenvalue weighted by molar-refractivity contribution is 7.99. The molecule has 1 aromatic carbocycles. The number of thioether (sulfide) groups is 1. The fourth-order valence-corrected chi connectivity index (χ4v) is 3.71. The molecule has 118 valence electrons. The smallest absolute Gasteiger partial charge is 0.191 e. The topological polar surface area (TPSA) is 69.6 Å². The molecule has 0 aliphatic carbocycles. The first kappa shape index (κ1) is 15.8. The average molecular weight is 343 g/mol. The molecule has 0 aliphatic rings. The summed E-state index contributed by atoms with van der Waals surface area (Å²) in [5.74, 6) is 1.65. The highest BCUT2D eigenvalue weighted by Crippen LogP contribution is 2.31. The summed E-state index contributed by atoms with van der Waals surface area (Å²) in [6, 6.07) is 10.2. The van der Waals surface area contributed by atoms with Crippen molar-refractivity contribution < 1.29 is 0 Å². The lowest BCUT2D eigenvalue weighted by molar-refractivity contribution is 0.795. The van der Waals surface area contributed by atoms with Crippen LogP contribution >= 0.6 is 23.1 Å². The van der Waals surface area contributed by atoms with Gasteiger partial charge in [0.15, 0.2) is 16.1 Å². The number of anilines is 1. The maximum atomic E-state index is 5.76. The van der Waals surface area contributed by atoms with Gasteiger partial charge in [0.2, 0.25) is 0 Å². The SMILES string of the molecule is Cc1nc(N)sc1-c1nnc(SCC=Cc2ccccc2)n1C. The van der Waals surface area contributed by atoms with Crippen LogP contribution in [0, 0.1) is 6.92 Å². The Morgan fingerprint density at radius 3 is 2.74 bits per heavy atom. The van der Waals surface area contributed by atoms with Gasteiger partial charge in [-0.2, -0.15) is 0 Å². The monoisotopic (exact) mass is 343 g/mol. The van der Waals surface area contributed by atoms with E-state index in [-0.39, 0.29) is 0 Å². The second-order valence-corrected chi connectivity index (χ2v) is 6.97. The molecule has 3 aromatic rings. The molecule has 0 saturated heterocycles. The number of hydrogen-bond donors (Lipinski definition) is 1. The highest BCUT2D eigenvalue weighted by atomic mass is 32.2. The van der Waals surface area contributed by atoms with E-state index in [1.54, 1.807) is 11.8 Å². The average Bonchev–Trinajstić information content (AvgIpc) is 3.07. The van der Waals surface area contributed by atoms with E-state index in [1.807, 2.05) is 36.7 Å². The minimum Gasteiger partial charge on any atom is -0.375 e. The predicted molar refractivity (Wildman–Crippen MR) is 97.5 cm³/mol.